The van der Waals surface area contributed by atoms with Crippen molar-refractivity contribution in [1.29, 1.82) is 0 Å². The number of aryl methyl sites for hydroxylation is 3. The highest BCUT2D eigenvalue weighted by molar-refractivity contribution is 5.75. The van der Waals surface area contributed by atoms with Gasteiger partial charge in [-0.15, -0.1) is 0 Å². The molecular formula is C18H26N2O2. The first-order valence-electron chi connectivity index (χ1n) is 7.62. The number of hydrogen-bond acceptors (Lipinski definition) is 3. The van der Waals surface area contributed by atoms with Gasteiger partial charge in [0, 0.05) is 18.1 Å². The number of carboxylic acids is 1. The Morgan fingerprint density at radius 3 is 2.14 bits per heavy atom. The second kappa shape index (κ2) is 5.67. The van der Waals surface area contributed by atoms with Crippen molar-refractivity contribution in [3.63, 3.8) is 0 Å². The lowest BCUT2D eigenvalue weighted by Crippen LogP contribution is -2.47. The summed E-state index contributed by atoms with van der Waals surface area (Å²) in [5.74, 6) is -0.781. The maximum atomic E-state index is 11.7. The minimum Gasteiger partial charge on any atom is -0.480 e. The van der Waals surface area contributed by atoms with E-state index in [0.717, 1.165) is 0 Å². The third-order valence-electron chi connectivity index (χ3n) is 4.06. The number of carbonyl (C=O) groups is 1. The second-order valence-corrected chi connectivity index (χ2v) is 7.28. The van der Waals surface area contributed by atoms with Crippen LogP contribution in [0.25, 0.3) is 0 Å². The minimum absolute atomic E-state index is 0.330. The first kappa shape index (κ1) is 16.4. The Morgan fingerprint density at radius 1 is 1.14 bits per heavy atom. The number of hydrogen-bond donors (Lipinski definition) is 1. The van der Waals surface area contributed by atoms with E-state index in [-0.39, 0.29) is 5.41 Å². The van der Waals surface area contributed by atoms with E-state index >= 15 is 0 Å². The van der Waals surface area contributed by atoms with Gasteiger partial charge in [-0.2, -0.15) is 0 Å². The predicted octanol–water partition coefficient (Wildman–Crippen LogP) is 3.66. The highest BCUT2D eigenvalue weighted by Crippen LogP contribution is 2.32. The molecule has 0 aliphatic carbocycles. The second-order valence-electron chi connectivity index (χ2n) is 7.28. The van der Waals surface area contributed by atoms with Gasteiger partial charge >= 0.3 is 5.97 Å². The summed E-state index contributed by atoms with van der Waals surface area (Å²) in [6.45, 7) is 12.8. The molecule has 0 saturated heterocycles. The fourth-order valence-corrected chi connectivity index (χ4v) is 3.38. The molecule has 2 rings (SSSR count). The smallest absolute Gasteiger partial charge is 0.326 e. The van der Waals surface area contributed by atoms with Gasteiger partial charge in [-0.05, 0) is 37.3 Å². The van der Waals surface area contributed by atoms with Gasteiger partial charge in [0.15, 0.2) is 0 Å². The zero-order chi connectivity index (χ0) is 16.7. The van der Waals surface area contributed by atoms with Crippen molar-refractivity contribution in [3.05, 3.63) is 41.2 Å². The number of anilines is 1. The summed E-state index contributed by atoms with van der Waals surface area (Å²) in [6.07, 6.45) is 3.87. The van der Waals surface area contributed by atoms with Crippen LogP contribution in [0.2, 0.25) is 0 Å². The van der Waals surface area contributed by atoms with Crippen molar-refractivity contribution >= 4 is 11.7 Å². The van der Waals surface area contributed by atoms with Crippen LogP contribution in [0.1, 0.15) is 37.5 Å². The number of carboxylic acid groups (broad SMARTS) is 1. The van der Waals surface area contributed by atoms with Crippen LogP contribution in [0.4, 0.5) is 5.69 Å². The van der Waals surface area contributed by atoms with Gasteiger partial charge in [0.1, 0.15) is 6.04 Å². The Kier molecular flexibility index (Phi) is 4.23. The molecule has 0 radical (unpaired) electrons. The largest absolute Gasteiger partial charge is 0.480 e. The summed E-state index contributed by atoms with van der Waals surface area (Å²) in [6, 6.07) is 3.79. The van der Waals surface area contributed by atoms with E-state index < -0.39 is 12.0 Å². The molecule has 4 heteroatoms. The van der Waals surface area contributed by atoms with Gasteiger partial charge in [0.25, 0.3) is 0 Å². The van der Waals surface area contributed by atoms with E-state index in [0.29, 0.717) is 6.67 Å². The van der Waals surface area contributed by atoms with Crippen molar-refractivity contribution in [2.24, 2.45) is 5.41 Å². The monoisotopic (exact) mass is 302 g/mol. The van der Waals surface area contributed by atoms with Gasteiger partial charge in [0.2, 0.25) is 0 Å². The van der Waals surface area contributed by atoms with Crippen LogP contribution in [0.5, 0.6) is 0 Å². The number of rotatable bonds is 3. The molecule has 120 valence electrons. The van der Waals surface area contributed by atoms with E-state index in [1.807, 2.05) is 38.1 Å². The lowest BCUT2D eigenvalue weighted by atomic mass is 9.86. The van der Waals surface area contributed by atoms with E-state index in [4.69, 9.17) is 0 Å². The maximum Gasteiger partial charge on any atom is 0.326 e. The molecule has 0 bridgehead atoms. The zero-order valence-corrected chi connectivity index (χ0v) is 14.3. The zero-order valence-electron chi connectivity index (χ0n) is 14.3. The van der Waals surface area contributed by atoms with Crippen molar-refractivity contribution in [1.82, 2.24) is 4.90 Å². The molecule has 4 nitrogen and oxygen atoms in total. The van der Waals surface area contributed by atoms with Crippen LogP contribution in [-0.2, 0) is 4.79 Å². The summed E-state index contributed by atoms with van der Waals surface area (Å²) < 4.78 is 0. The van der Waals surface area contributed by atoms with Gasteiger partial charge in [-0.1, -0.05) is 38.5 Å². The van der Waals surface area contributed by atoms with E-state index in [2.05, 4.69) is 37.8 Å². The molecular weight excluding hydrogens is 276 g/mol. The molecule has 0 aromatic heterocycles. The summed E-state index contributed by atoms with van der Waals surface area (Å²) >= 11 is 0. The number of aliphatic carboxylic acids is 1. The Hall–Kier alpha value is -1.97. The van der Waals surface area contributed by atoms with E-state index in [1.54, 1.807) is 0 Å². The van der Waals surface area contributed by atoms with Crippen LogP contribution in [0.3, 0.4) is 0 Å². The molecule has 1 aliphatic rings. The fourth-order valence-electron chi connectivity index (χ4n) is 3.38. The first-order chi connectivity index (χ1) is 10.1. The van der Waals surface area contributed by atoms with Crippen molar-refractivity contribution in [3.8, 4) is 0 Å². The Balaban J connectivity index is 2.28. The van der Waals surface area contributed by atoms with Crippen LogP contribution < -0.4 is 4.90 Å². The molecule has 0 fully saturated rings. The molecule has 1 aromatic carbocycles. The summed E-state index contributed by atoms with van der Waals surface area (Å²) in [5, 5.41) is 9.58. The van der Waals surface area contributed by atoms with E-state index in [1.165, 1.54) is 22.4 Å². The predicted molar refractivity (Wildman–Crippen MR) is 89.9 cm³/mol. The minimum atomic E-state index is -0.781. The Morgan fingerprint density at radius 2 is 1.68 bits per heavy atom. The quantitative estimate of drug-likeness (QED) is 0.925. The van der Waals surface area contributed by atoms with Crippen LogP contribution in [0, 0.1) is 26.2 Å². The third-order valence-corrected chi connectivity index (χ3v) is 4.06. The molecule has 1 aliphatic heterocycles. The van der Waals surface area contributed by atoms with Crippen LogP contribution in [-0.4, -0.2) is 28.7 Å². The standard InChI is InChI=1S/C18H26N2O2/c1-12-9-13(2)15(14(3)10-12)19-7-8-20(11-19)16(17(21)22)18(4,5)6/h7-10,16H,11H2,1-6H3,(H,21,22)/t16-/m1/s1. The molecule has 1 N–H and O–H groups in total. The van der Waals surface area contributed by atoms with Gasteiger partial charge in [-0.25, -0.2) is 4.79 Å². The highest BCUT2D eigenvalue weighted by atomic mass is 16.4. The van der Waals surface area contributed by atoms with Crippen molar-refractivity contribution in [2.75, 3.05) is 11.6 Å². The van der Waals surface area contributed by atoms with Gasteiger partial charge in [-0.3, -0.25) is 0 Å². The summed E-state index contributed by atoms with van der Waals surface area (Å²) in [5.41, 5.74) is 4.52. The van der Waals surface area contributed by atoms with E-state index in [9.17, 15) is 9.90 Å². The van der Waals surface area contributed by atoms with Crippen molar-refractivity contribution in [2.45, 2.75) is 47.6 Å². The average Bonchev–Trinajstić information content (AvgIpc) is 2.73. The average molecular weight is 302 g/mol. The SMILES string of the molecule is Cc1cc(C)c(N2C=CN([C@H](C(=O)O)C(C)(C)C)C2)c(C)c1. The molecule has 0 amide bonds. The topological polar surface area (TPSA) is 43.8 Å². The summed E-state index contributed by atoms with van der Waals surface area (Å²) in [4.78, 5) is 15.7. The molecule has 1 atom stereocenters. The van der Waals surface area contributed by atoms with Crippen LogP contribution >= 0.6 is 0 Å². The first-order valence-corrected chi connectivity index (χ1v) is 7.62. The van der Waals surface area contributed by atoms with Gasteiger partial charge < -0.3 is 14.9 Å². The number of nitrogens with zero attached hydrogens (tertiary/aromatic N) is 2. The third kappa shape index (κ3) is 3.11. The molecule has 1 heterocycles. The molecule has 0 saturated carbocycles. The maximum absolute atomic E-state index is 11.7. The Labute approximate surface area is 133 Å². The van der Waals surface area contributed by atoms with Crippen molar-refractivity contribution < 1.29 is 9.90 Å². The summed E-state index contributed by atoms with van der Waals surface area (Å²) in [7, 11) is 0. The highest BCUT2D eigenvalue weighted by Gasteiger charge is 2.37. The lowest BCUT2D eigenvalue weighted by Gasteiger charge is -2.35. The Bertz CT molecular complexity index is 591. The number of benzene rings is 1. The molecule has 0 unspecified atom stereocenters. The van der Waals surface area contributed by atoms with Crippen LogP contribution in [0.15, 0.2) is 24.5 Å². The fraction of sp³-hybridized carbons (Fsp3) is 0.500. The molecule has 22 heavy (non-hydrogen) atoms. The molecule has 1 aromatic rings. The van der Waals surface area contributed by atoms with Gasteiger partial charge in [0.05, 0.1) is 6.67 Å². The molecule has 0 spiro atoms. The lowest BCUT2D eigenvalue weighted by molar-refractivity contribution is -0.145. The normalized spacial score (nSPS) is 16.3.